The number of hydrogen-bond donors (Lipinski definition) is 0. The summed E-state index contributed by atoms with van der Waals surface area (Å²) in [5.74, 6) is 8.18. The van der Waals surface area contributed by atoms with E-state index in [9.17, 15) is 5.11 Å². The highest BCUT2D eigenvalue weighted by molar-refractivity contribution is 5.50. The van der Waals surface area contributed by atoms with Crippen LogP contribution in [0.5, 0.6) is 5.95 Å². The van der Waals surface area contributed by atoms with E-state index in [1.165, 1.54) is 10.9 Å². The molecule has 0 radical (unpaired) electrons. The predicted molar refractivity (Wildman–Crippen MR) is 77.8 cm³/mol. The molecule has 1 heterocycles. The summed E-state index contributed by atoms with van der Waals surface area (Å²) in [6.45, 7) is 0. The monoisotopic (exact) mass is 286 g/mol. The van der Waals surface area contributed by atoms with Crippen molar-refractivity contribution in [2.75, 3.05) is 0 Å². The molecule has 4 heteroatoms. The van der Waals surface area contributed by atoms with Crippen LogP contribution in [0, 0.1) is 24.2 Å². The van der Waals surface area contributed by atoms with E-state index in [1.54, 1.807) is 0 Å². The van der Waals surface area contributed by atoms with Gasteiger partial charge >= 0.3 is 0 Å². The van der Waals surface area contributed by atoms with Crippen molar-refractivity contribution in [1.29, 1.82) is 0 Å². The summed E-state index contributed by atoms with van der Waals surface area (Å²) >= 11 is 0. The van der Waals surface area contributed by atoms with Crippen LogP contribution in [-0.4, -0.2) is 5.27 Å². The number of nitrogens with zero attached hydrogens (tertiary/aromatic N) is 2. The number of terminal acetylenes is 1. The van der Waals surface area contributed by atoms with Crippen molar-refractivity contribution in [3.63, 3.8) is 0 Å². The van der Waals surface area contributed by atoms with Crippen molar-refractivity contribution in [1.82, 2.24) is 5.27 Å². The third kappa shape index (κ3) is 2.82. The van der Waals surface area contributed by atoms with Gasteiger partial charge < -0.3 is 9.63 Å². The predicted octanol–water partition coefficient (Wildman–Crippen LogP) is 1.41. The second kappa shape index (κ2) is 5.87. The molecule has 0 aliphatic carbocycles. The third-order valence-electron chi connectivity index (χ3n) is 2.99. The fourth-order valence-corrected chi connectivity index (χ4v) is 1.91. The Bertz CT molecular complexity index is 906. The minimum Gasteiger partial charge on any atom is -0.539 e. The first kappa shape index (κ1) is 13.5. The van der Waals surface area contributed by atoms with Gasteiger partial charge in [0.2, 0.25) is 6.20 Å². The zero-order valence-corrected chi connectivity index (χ0v) is 11.5. The first-order chi connectivity index (χ1) is 10.8. The van der Waals surface area contributed by atoms with Crippen molar-refractivity contribution in [3.05, 3.63) is 71.4 Å². The molecule has 2 aromatic carbocycles. The largest absolute Gasteiger partial charge is 0.539 e. The van der Waals surface area contributed by atoms with Gasteiger partial charge in [0.05, 0.1) is 10.8 Å². The lowest BCUT2D eigenvalue weighted by Crippen LogP contribution is -2.32. The van der Waals surface area contributed by atoms with E-state index in [1.807, 2.05) is 48.5 Å². The molecule has 0 N–H and O–H groups in total. The Hall–Kier alpha value is -3.50. The highest BCUT2D eigenvalue weighted by Crippen LogP contribution is 2.09. The molecule has 0 saturated heterocycles. The maximum Gasteiger partial charge on any atom is 0.254 e. The highest BCUT2D eigenvalue weighted by Gasteiger charge is 2.13. The van der Waals surface area contributed by atoms with Crippen LogP contribution < -0.4 is 9.79 Å². The van der Waals surface area contributed by atoms with Crippen LogP contribution >= 0.6 is 0 Å². The van der Waals surface area contributed by atoms with Crippen LogP contribution in [0.2, 0.25) is 0 Å². The maximum atomic E-state index is 11.1. The smallest absolute Gasteiger partial charge is 0.254 e. The number of benzene rings is 2. The van der Waals surface area contributed by atoms with Gasteiger partial charge in [-0.3, -0.25) is 0 Å². The average molecular weight is 286 g/mol. The number of hydrogen-bond acceptors (Lipinski definition) is 3. The molecule has 0 fully saturated rings. The van der Waals surface area contributed by atoms with Gasteiger partial charge in [-0.1, -0.05) is 29.9 Å². The van der Waals surface area contributed by atoms with Crippen LogP contribution in [0.3, 0.4) is 0 Å². The number of aromatic nitrogens is 2. The molecular weight excluding hydrogens is 276 g/mol. The van der Waals surface area contributed by atoms with Crippen LogP contribution in [0.1, 0.15) is 16.7 Å². The van der Waals surface area contributed by atoms with E-state index >= 15 is 0 Å². The fraction of sp³-hybridized carbons (Fsp3) is 0. The Balaban J connectivity index is 1.96. The summed E-state index contributed by atoms with van der Waals surface area (Å²) in [7, 11) is 0. The first-order valence-corrected chi connectivity index (χ1v) is 6.50. The normalized spacial score (nSPS) is 9.59. The van der Waals surface area contributed by atoms with Gasteiger partial charge in [-0.25, -0.2) is 0 Å². The highest BCUT2D eigenvalue weighted by atomic mass is 16.6. The van der Waals surface area contributed by atoms with Gasteiger partial charge in [0.15, 0.2) is 0 Å². The molecule has 3 aromatic rings. The van der Waals surface area contributed by atoms with Gasteiger partial charge in [0.1, 0.15) is 5.95 Å². The number of para-hydroxylation sites is 1. The second-order valence-electron chi connectivity index (χ2n) is 4.45. The summed E-state index contributed by atoms with van der Waals surface area (Å²) in [5, 5.41) is 14.8. The van der Waals surface area contributed by atoms with Crippen LogP contribution in [0.15, 0.2) is 59.3 Å². The second-order valence-corrected chi connectivity index (χ2v) is 4.45. The number of rotatable bonds is 1. The SMILES string of the molecule is C#Cc1ccc(C#Cc2ccccc2-[n+]2cc([O-])on2)cc1. The molecule has 0 amide bonds. The van der Waals surface area contributed by atoms with Crippen molar-refractivity contribution in [2.45, 2.75) is 0 Å². The summed E-state index contributed by atoms with van der Waals surface area (Å²) in [6, 6.07) is 14.8. The quantitative estimate of drug-likeness (QED) is 0.502. The lowest BCUT2D eigenvalue weighted by Gasteiger charge is -1.94. The molecule has 0 unspecified atom stereocenters. The van der Waals surface area contributed by atoms with E-state index in [0.29, 0.717) is 5.69 Å². The van der Waals surface area contributed by atoms with Crippen LogP contribution in [-0.2, 0) is 0 Å². The molecule has 0 bridgehead atoms. The zero-order valence-electron chi connectivity index (χ0n) is 11.5. The summed E-state index contributed by atoms with van der Waals surface area (Å²) in [5.41, 5.74) is 3.08. The summed E-state index contributed by atoms with van der Waals surface area (Å²) in [4.78, 5) is 0. The Morgan fingerprint density at radius 2 is 1.73 bits per heavy atom. The van der Waals surface area contributed by atoms with Crippen molar-refractivity contribution < 1.29 is 14.3 Å². The minimum atomic E-state index is -0.507. The molecule has 1 aromatic heterocycles. The lowest BCUT2D eigenvalue weighted by atomic mass is 10.1. The molecule has 0 spiro atoms. The van der Waals surface area contributed by atoms with E-state index in [0.717, 1.165) is 16.7 Å². The molecule has 0 saturated carbocycles. The van der Waals surface area contributed by atoms with Crippen LogP contribution in [0.25, 0.3) is 5.69 Å². The molecule has 0 aliphatic heterocycles. The van der Waals surface area contributed by atoms with Gasteiger partial charge in [-0.2, -0.15) is 0 Å². The maximum absolute atomic E-state index is 11.1. The lowest BCUT2D eigenvalue weighted by molar-refractivity contribution is -0.670. The first-order valence-electron chi connectivity index (χ1n) is 6.50. The third-order valence-corrected chi connectivity index (χ3v) is 2.99. The summed E-state index contributed by atoms with van der Waals surface area (Å²) in [6.07, 6.45) is 6.59. The van der Waals surface area contributed by atoms with E-state index in [2.05, 4.69) is 27.6 Å². The van der Waals surface area contributed by atoms with Crippen molar-refractivity contribution in [3.8, 4) is 35.8 Å². The molecule has 104 valence electrons. The van der Waals surface area contributed by atoms with Gasteiger partial charge in [-0.05, 0) is 35.0 Å². The fourth-order valence-electron chi connectivity index (χ4n) is 1.91. The Morgan fingerprint density at radius 3 is 2.41 bits per heavy atom. The van der Waals surface area contributed by atoms with Gasteiger partial charge in [-0.15, -0.1) is 6.42 Å². The van der Waals surface area contributed by atoms with Gasteiger partial charge in [0, 0.05) is 17.2 Å². The average Bonchev–Trinajstić information content (AvgIpc) is 3.00. The Kier molecular flexibility index (Phi) is 3.59. The topological polar surface area (TPSA) is 53.0 Å². The molecule has 4 nitrogen and oxygen atoms in total. The molecule has 0 aliphatic rings. The van der Waals surface area contributed by atoms with E-state index < -0.39 is 5.95 Å². The van der Waals surface area contributed by atoms with Crippen LogP contribution in [0.4, 0.5) is 0 Å². The van der Waals surface area contributed by atoms with Crippen molar-refractivity contribution in [2.24, 2.45) is 0 Å². The molecular formula is C18H10N2O2. The van der Waals surface area contributed by atoms with E-state index in [4.69, 9.17) is 6.42 Å². The zero-order chi connectivity index (χ0) is 15.4. The van der Waals surface area contributed by atoms with Gasteiger partial charge in [0.25, 0.3) is 5.69 Å². The molecule has 3 rings (SSSR count). The Morgan fingerprint density at radius 1 is 1.00 bits per heavy atom. The Labute approximate surface area is 127 Å². The molecule has 0 atom stereocenters. The summed E-state index contributed by atoms with van der Waals surface area (Å²) < 4.78 is 5.92. The van der Waals surface area contributed by atoms with E-state index in [-0.39, 0.29) is 0 Å². The minimum absolute atomic E-state index is 0.507. The van der Waals surface area contributed by atoms with Crippen molar-refractivity contribution >= 4 is 0 Å². The molecule has 22 heavy (non-hydrogen) atoms. The standard InChI is InChI=1S/C18H10N2O2/c1-2-14-7-9-15(10-8-14)11-12-16-5-3-4-6-17(16)20-13-18(21)22-19-20/h1,3-10,13H.